The first kappa shape index (κ1) is 20.2. The summed E-state index contributed by atoms with van der Waals surface area (Å²) in [5.74, 6) is 0.244. The molecule has 5 nitrogen and oxygen atoms in total. The second-order valence-electron chi connectivity index (χ2n) is 7.66. The fourth-order valence-electron chi connectivity index (χ4n) is 3.94. The van der Waals surface area contributed by atoms with Crippen molar-refractivity contribution >= 4 is 11.6 Å². The zero-order chi connectivity index (χ0) is 20.6. The van der Waals surface area contributed by atoms with Gasteiger partial charge >= 0.3 is 0 Å². The van der Waals surface area contributed by atoms with E-state index in [1.165, 1.54) is 5.69 Å². The SMILES string of the molecule is O=C(NCCCCN1CCN(c2ccccc2)CC1)c1occc1-c1ccccc1. The number of carbonyl (C=O) groups excluding carboxylic acids is 1. The summed E-state index contributed by atoms with van der Waals surface area (Å²) in [5.41, 5.74) is 3.14. The summed E-state index contributed by atoms with van der Waals surface area (Å²) < 4.78 is 5.45. The van der Waals surface area contributed by atoms with Gasteiger partial charge in [-0.3, -0.25) is 9.69 Å². The van der Waals surface area contributed by atoms with Gasteiger partial charge in [0.15, 0.2) is 5.76 Å². The third-order valence-corrected chi connectivity index (χ3v) is 5.64. The molecule has 3 aromatic rings. The van der Waals surface area contributed by atoms with E-state index in [1.54, 1.807) is 6.26 Å². The number of unbranched alkanes of at least 4 members (excludes halogenated alkanes) is 1. The fraction of sp³-hybridized carbons (Fsp3) is 0.320. The van der Waals surface area contributed by atoms with Crippen molar-refractivity contribution in [2.45, 2.75) is 12.8 Å². The van der Waals surface area contributed by atoms with Crippen molar-refractivity contribution in [2.24, 2.45) is 0 Å². The van der Waals surface area contributed by atoms with Gasteiger partial charge in [0, 0.05) is 44.0 Å². The molecule has 1 aliphatic rings. The van der Waals surface area contributed by atoms with Gasteiger partial charge < -0.3 is 14.6 Å². The van der Waals surface area contributed by atoms with E-state index < -0.39 is 0 Å². The van der Waals surface area contributed by atoms with Crippen molar-refractivity contribution in [3.05, 3.63) is 78.8 Å². The van der Waals surface area contributed by atoms with E-state index in [0.717, 1.165) is 56.7 Å². The van der Waals surface area contributed by atoms with Gasteiger partial charge in [-0.2, -0.15) is 0 Å². The number of hydrogen-bond donors (Lipinski definition) is 1. The van der Waals surface area contributed by atoms with Gasteiger partial charge in [-0.15, -0.1) is 0 Å². The molecule has 1 aliphatic heterocycles. The quantitative estimate of drug-likeness (QED) is 0.571. The maximum absolute atomic E-state index is 12.5. The number of anilines is 1. The molecular weight excluding hydrogens is 374 g/mol. The maximum Gasteiger partial charge on any atom is 0.287 e. The van der Waals surface area contributed by atoms with Crippen molar-refractivity contribution < 1.29 is 9.21 Å². The number of amides is 1. The van der Waals surface area contributed by atoms with Crippen LogP contribution in [0.25, 0.3) is 11.1 Å². The first-order chi connectivity index (χ1) is 14.8. The Morgan fingerprint density at radius 3 is 2.30 bits per heavy atom. The van der Waals surface area contributed by atoms with E-state index in [4.69, 9.17) is 4.42 Å². The number of para-hydroxylation sites is 1. The molecule has 0 radical (unpaired) electrons. The van der Waals surface area contributed by atoms with E-state index in [0.29, 0.717) is 12.3 Å². The molecule has 0 atom stereocenters. The lowest BCUT2D eigenvalue weighted by atomic mass is 10.1. The standard InChI is InChI=1S/C25H29N3O2/c29-25(24-23(13-20-30-24)21-9-3-1-4-10-21)26-14-7-8-15-27-16-18-28(19-17-27)22-11-5-2-6-12-22/h1-6,9-13,20H,7-8,14-19H2,(H,26,29). The van der Waals surface area contributed by atoms with Gasteiger partial charge in [0.1, 0.15) is 0 Å². The average molecular weight is 404 g/mol. The third-order valence-electron chi connectivity index (χ3n) is 5.64. The van der Waals surface area contributed by atoms with Crippen LogP contribution in [0.2, 0.25) is 0 Å². The molecule has 156 valence electrons. The molecule has 0 bridgehead atoms. The van der Waals surface area contributed by atoms with Crippen LogP contribution in [0.1, 0.15) is 23.4 Å². The number of furan rings is 1. The second-order valence-corrected chi connectivity index (χ2v) is 7.66. The predicted octanol–water partition coefficient (Wildman–Crippen LogP) is 4.28. The molecule has 30 heavy (non-hydrogen) atoms. The van der Waals surface area contributed by atoms with Crippen LogP contribution in [0.5, 0.6) is 0 Å². The molecule has 0 saturated carbocycles. The number of benzene rings is 2. The zero-order valence-corrected chi connectivity index (χ0v) is 17.3. The van der Waals surface area contributed by atoms with E-state index in [-0.39, 0.29) is 5.91 Å². The molecule has 5 heteroatoms. The minimum absolute atomic E-state index is 0.143. The second kappa shape index (κ2) is 10.1. The molecule has 0 unspecified atom stereocenters. The molecule has 1 amide bonds. The van der Waals surface area contributed by atoms with Crippen molar-refractivity contribution in [2.75, 3.05) is 44.2 Å². The Balaban J connectivity index is 1.15. The van der Waals surface area contributed by atoms with Crippen molar-refractivity contribution in [3.63, 3.8) is 0 Å². The summed E-state index contributed by atoms with van der Waals surface area (Å²) >= 11 is 0. The van der Waals surface area contributed by atoms with Gasteiger partial charge in [0.05, 0.1) is 6.26 Å². The average Bonchev–Trinajstić information content (AvgIpc) is 3.30. The molecule has 1 fully saturated rings. The Morgan fingerprint density at radius 1 is 0.867 bits per heavy atom. The van der Waals surface area contributed by atoms with Crippen LogP contribution in [-0.2, 0) is 0 Å². The summed E-state index contributed by atoms with van der Waals surface area (Å²) in [5, 5.41) is 3.00. The molecule has 2 heterocycles. The summed E-state index contributed by atoms with van der Waals surface area (Å²) in [6.07, 6.45) is 3.62. The molecule has 4 rings (SSSR count). The van der Waals surface area contributed by atoms with Crippen molar-refractivity contribution in [1.29, 1.82) is 0 Å². The highest BCUT2D eigenvalue weighted by Gasteiger charge is 2.18. The maximum atomic E-state index is 12.5. The number of hydrogen-bond acceptors (Lipinski definition) is 4. The third kappa shape index (κ3) is 5.10. The van der Waals surface area contributed by atoms with Crippen LogP contribution in [-0.4, -0.2) is 50.1 Å². The summed E-state index contributed by atoms with van der Waals surface area (Å²) in [7, 11) is 0. The Kier molecular flexibility index (Phi) is 6.83. The minimum Gasteiger partial charge on any atom is -0.459 e. The van der Waals surface area contributed by atoms with Crippen LogP contribution in [0.3, 0.4) is 0 Å². The topological polar surface area (TPSA) is 48.7 Å². The fourth-order valence-corrected chi connectivity index (χ4v) is 3.94. The minimum atomic E-state index is -0.143. The molecule has 1 N–H and O–H groups in total. The molecule has 1 saturated heterocycles. The molecular formula is C25H29N3O2. The highest BCUT2D eigenvalue weighted by atomic mass is 16.3. The highest BCUT2D eigenvalue weighted by molar-refractivity contribution is 5.98. The molecule has 1 aromatic heterocycles. The Morgan fingerprint density at radius 2 is 1.57 bits per heavy atom. The lowest BCUT2D eigenvalue weighted by Crippen LogP contribution is -2.46. The van der Waals surface area contributed by atoms with Crippen LogP contribution >= 0.6 is 0 Å². The lowest BCUT2D eigenvalue weighted by molar-refractivity contribution is 0.0925. The van der Waals surface area contributed by atoms with Crippen LogP contribution in [0.15, 0.2) is 77.4 Å². The van der Waals surface area contributed by atoms with Crippen molar-refractivity contribution in [1.82, 2.24) is 10.2 Å². The van der Waals surface area contributed by atoms with Gasteiger partial charge in [-0.05, 0) is 43.1 Å². The monoisotopic (exact) mass is 403 g/mol. The summed E-state index contributed by atoms with van der Waals surface area (Å²) in [4.78, 5) is 17.5. The number of nitrogens with one attached hydrogen (secondary N) is 1. The number of nitrogens with zero attached hydrogens (tertiary/aromatic N) is 2. The predicted molar refractivity (Wildman–Crippen MR) is 121 cm³/mol. The number of rotatable bonds is 8. The molecule has 0 spiro atoms. The zero-order valence-electron chi connectivity index (χ0n) is 17.3. The van der Waals surface area contributed by atoms with Crippen LogP contribution in [0.4, 0.5) is 5.69 Å². The summed E-state index contributed by atoms with van der Waals surface area (Å²) in [6, 6.07) is 22.3. The van der Waals surface area contributed by atoms with Gasteiger partial charge in [0.2, 0.25) is 0 Å². The summed E-state index contributed by atoms with van der Waals surface area (Å²) in [6.45, 7) is 6.07. The first-order valence-corrected chi connectivity index (χ1v) is 10.7. The van der Waals surface area contributed by atoms with E-state index in [9.17, 15) is 4.79 Å². The van der Waals surface area contributed by atoms with Crippen molar-refractivity contribution in [3.8, 4) is 11.1 Å². The Hall–Kier alpha value is -3.05. The highest BCUT2D eigenvalue weighted by Crippen LogP contribution is 2.24. The Labute approximate surface area is 178 Å². The van der Waals surface area contributed by atoms with E-state index in [1.807, 2.05) is 36.4 Å². The lowest BCUT2D eigenvalue weighted by Gasteiger charge is -2.36. The van der Waals surface area contributed by atoms with Gasteiger partial charge in [-0.1, -0.05) is 48.5 Å². The van der Waals surface area contributed by atoms with Crippen LogP contribution in [0, 0.1) is 0 Å². The van der Waals surface area contributed by atoms with Gasteiger partial charge in [-0.25, -0.2) is 0 Å². The normalized spacial score (nSPS) is 14.6. The molecule has 0 aliphatic carbocycles. The largest absolute Gasteiger partial charge is 0.459 e. The van der Waals surface area contributed by atoms with Crippen LogP contribution < -0.4 is 10.2 Å². The Bertz CT molecular complexity index is 916. The molecule has 2 aromatic carbocycles. The first-order valence-electron chi connectivity index (χ1n) is 10.7. The van der Waals surface area contributed by atoms with E-state index in [2.05, 4.69) is 45.4 Å². The number of piperazine rings is 1. The smallest absolute Gasteiger partial charge is 0.287 e. The van der Waals surface area contributed by atoms with E-state index >= 15 is 0 Å². The number of carbonyl (C=O) groups is 1. The van der Waals surface area contributed by atoms with Gasteiger partial charge in [0.25, 0.3) is 5.91 Å².